The van der Waals surface area contributed by atoms with Crippen LogP contribution in [0.5, 0.6) is 0 Å². The molecule has 5 N–H and O–H groups in total. The number of hydrogen-bond acceptors (Lipinski definition) is 3. The van der Waals surface area contributed by atoms with Crippen LogP contribution < -0.4 is 16.4 Å². The fourth-order valence-electron chi connectivity index (χ4n) is 1.54. The predicted octanol–water partition coefficient (Wildman–Crippen LogP) is 2.14. The molecule has 118 valence electrons. The van der Waals surface area contributed by atoms with Crippen molar-refractivity contribution in [2.45, 2.75) is 26.8 Å². The number of aliphatic hydroxyl groups is 1. The second kappa shape index (κ2) is 7.78. The van der Waals surface area contributed by atoms with Crippen LogP contribution in [0.25, 0.3) is 0 Å². The quantitative estimate of drug-likeness (QED) is 0.479. The van der Waals surface area contributed by atoms with E-state index in [-0.39, 0.29) is 36.5 Å². The smallest absolute Gasteiger partial charge is 0.193 e. The zero-order chi connectivity index (χ0) is 16.0. The minimum atomic E-state index is -0.768. The van der Waals surface area contributed by atoms with Gasteiger partial charge in [0.15, 0.2) is 17.6 Å². The number of hydrogen-bond donors (Lipinski definition) is 4. The molecule has 0 aromatic heterocycles. The number of rotatable bonds is 6. The summed E-state index contributed by atoms with van der Waals surface area (Å²) in [5, 5.41) is 13.8. The van der Waals surface area contributed by atoms with E-state index in [1.165, 1.54) is 0 Å². The highest BCUT2D eigenvalue weighted by Gasteiger charge is 2.12. The van der Waals surface area contributed by atoms with Crippen LogP contribution in [0.2, 0.25) is 0 Å². The lowest BCUT2D eigenvalue weighted by molar-refractivity contribution is 0.310. The topological polar surface area (TPSA) is 82.7 Å². The second-order valence-electron chi connectivity index (χ2n) is 5.09. The maximum absolute atomic E-state index is 13.8. The van der Waals surface area contributed by atoms with Gasteiger partial charge >= 0.3 is 0 Å². The van der Waals surface area contributed by atoms with Gasteiger partial charge in [-0.25, -0.2) is 13.8 Å². The van der Waals surface area contributed by atoms with Gasteiger partial charge in [0.25, 0.3) is 0 Å². The molecule has 0 radical (unpaired) electrons. The largest absolute Gasteiger partial charge is 0.395 e. The number of halogens is 2. The minimum absolute atomic E-state index is 0.00214. The molecular weight excluding hydrogens is 278 g/mol. The number of aliphatic imine (C=N–C) groups is 1. The molecular formula is C14H22F2N4O. The average molecular weight is 300 g/mol. The van der Waals surface area contributed by atoms with Crippen molar-refractivity contribution in [3.63, 3.8) is 0 Å². The molecule has 0 fully saturated rings. The molecule has 1 aromatic rings. The van der Waals surface area contributed by atoms with Crippen molar-refractivity contribution in [3.05, 3.63) is 23.8 Å². The van der Waals surface area contributed by atoms with E-state index in [2.05, 4.69) is 15.6 Å². The van der Waals surface area contributed by atoms with E-state index in [0.29, 0.717) is 5.92 Å². The van der Waals surface area contributed by atoms with Gasteiger partial charge in [0, 0.05) is 12.2 Å². The van der Waals surface area contributed by atoms with Crippen molar-refractivity contribution in [3.8, 4) is 0 Å². The van der Waals surface area contributed by atoms with Gasteiger partial charge < -0.3 is 21.5 Å². The van der Waals surface area contributed by atoms with Crippen LogP contribution in [0.4, 0.5) is 20.2 Å². The Kier molecular flexibility index (Phi) is 6.36. The third-order valence-electron chi connectivity index (χ3n) is 3.04. The number of benzene rings is 1. The number of aliphatic hydroxyl groups excluding tert-OH is 1. The molecule has 0 amide bonds. The van der Waals surface area contributed by atoms with Crippen molar-refractivity contribution < 1.29 is 13.9 Å². The molecule has 0 aliphatic heterocycles. The van der Waals surface area contributed by atoms with Gasteiger partial charge in [0.05, 0.1) is 12.6 Å². The molecule has 0 bridgehead atoms. The van der Waals surface area contributed by atoms with Crippen molar-refractivity contribution in [2.24, 2.45) is 16.6 Å². The SMILES string of the molecule is CC(C)[C@H](C)N=C(N)Nc1cc(F)c(NCCO)c(F)c1. The van der Waals surface area contributed by atoms with E-state index in [1.54, 1.807) is 0 Å². The molecule has 1 rings (SSSR count). The fourth-order valence-corrected chi connectivity index (χ4v) is 1.54. The lowest BCUT2D eigenvalue weighted by Gasteiger charge is -2.14. The van der Waals surface area contributed by atoms with Gasteiger partial charge in [-0.05, 0) is 25.0 Å². The van der Waals surface area contributed by atoms with E-state index < -0.39 is 11.6 Å². The molecule has 0 unspecified atom stereocenters. The molecule has 0 saturated carbocycles. The molecule has 5 nitrogen and oxygen atoms in total. The predicted molar refractivity (Wildman–Crippen MR) is 81.5 cm³/mol. The van der Waals surface area contributed by atoms with Gasteiger partial charge in [-0.3, -0.25) is 0 Å². The number of nitrogens with two attached hydrogens (primary N) is 1. The van der Waals surface area contributed by atoms with Gasteiger partial charge in [0.2, 0.25) is 0 Å². The van der Waals surface area contributed by atoms with Gasteiger partial charge in [-0.1, -0.05) is 13.8 Å². The highest BCUT2D eigenvalue weighted by atomic mass is 19.1. The molecule has 0 spiro atoms. The summed E-state index contributed by atoms with van der Waals surface area (Å²) in [5.41, 5.74) is 5.61. The van der Waals surface area contributed by atoms with E-state index in [1.807, 2.05) is 20.8 Å². The van der Waals surface area contributed by atoms with Gasteiger partial charge in [-0.2, -0.15) is 0 Å². The van der Waals surface area contributed by atoms with Crippen LogP contribution in [0.15, 0.2) is 17.1 Å². The number of anilines is 2. The normalized spacial score (nSPS) is 13.4. The lowest BCUT2D eigenvalue weighted by Crippen LogP contribution is -2.26. The first-order valence-electron chi connectivity index (χ1n) is 6.79. The first-order chi connectivity index (χ1) is 9.85. The van der Waals surface area contributed by atoms with Crippen LogP contribution in [-0.4, -0.2) is 30.3 Å². The van der Waals surface area contributed by atoms with E-state index in [4.69, 9.17) is 10.8 Å². The zero-order valence-electron chi connectivity index (χ0n) is 12.5. The Hall–Kier alpha value is -1.89. The summed E-state index contributed by atoms with van der Waals surface area (Å²) in [6.45, 7) is 5.76. The summed E-state index contributed by atoms with van der Waals surface area (Å²) < 4.78 is 27.5. The standard InChI is InChI=1S/C14H22F2N4O/c1-8(2)9(3)19-14(17)20-10-6-11(15)13(12(16)7-10)18-4-5-21/h6-9,18,21H,4-5H2,1-3H3,(H3,17,19,20)/t9-/m0/s1. The Balaban J connectivity index is 2.86. The fraction of sp³-hybridized carbons (Fsp3) is 0.500. The summed E-state index contributed by atoms with van der Waals surface area (Å²) in [4.78, 5) is 4.19. The van der Waals surface area contributed by atoms with E-state index in [9.17, 15) is 8.78 Å². The van der Waals surface area contributed by atoms with Crippen molar-refractivity contribution in [1.29, 1.82) is 0 Å². The van der Waals surface area contributed by atoms with Crippen molar-refractivity contribution in [1.82, 2.24) is 0 Å². The van der Waals surface area contributed by atoms with Crippen LogP contribution in [0.3, 0.4) is 0 Å². The Morgan fingerprint density at radius 2 is 1.86 bits per heavy atom. The number of guanidine groups is 1. The Morgan fingerprint density at radius 1 is 1.29 bits per heavy atom. The maximum atomic E-state index is 13.8. The molecule has 0 aliphatic rings. The highest BCUT2D eigenvalue weighted by molar-refractivity contribution is 5.92. The Bertz CT molecular complexity index is 483. The minimum Gasteiger partial charge on any atom is -0.395 e. The van der Waals surface area contributed by atoms with Crippen LogP contribution in [0, 0.1) is 17.6 Å². The molecule has 0 heterocycles. The Labute approximate surface area is 123 Å². The summed E-state index contributed by atoms with van der Waals surface area (Å²) in [6, 6.07) is 2.23. The second-order valence-corrected chi connectivity index (χ2v) is 5.09. The van der Waals surface area contributed by atoms with Gasteiger partial charge in [0.1, 0.15) is 5.69 Å². The van der Waals surface area contributed by atoms with E-state index in [0.717, 1.165) is 12.1 Å². The van der Waals surface area contributed by atoms with Crippen molar-refractivity contribution in [2.75, 3.05) is 23.8 Å². The lowest BCUT2D eigenvalue weighted by atomic mass is 10.1. The molecule has 1 atom stereocenters. The van der Waals surface area contributed by atoms with Gasteiger partial charge in [-0.15, -0.1) is 0 Å². The van der Waals surface area contributed by atoms with Crippen LogP contribution in [-0.2, 0) is 0 Å². The number of nitrogens with one attached hydrogen (secondary N) is 2. The molecule has 0 saturated heterocycles. The van der Waals surface area contributed by atoms with Crippen LogP contribution in [0.1, 0.15) is 20.8 Å². The third-order valence-corrected chi connectivity index (χ3v) is 3.04. The van der Waals surface area contributed by atoms with Crippen molar-refractivity contribution >= 4 is 17.3 Å². The third kappa shape index (κ3) is 5.18. The average Bonchev–Trinajstić information content (AvgIpc) is 2.37. The molecule has 7 heteroatoms. The first-order valence-corrected chi connectivity index (χ1v) is 6.79. The number of nitrogens with zero attached hydrogens (tertiary/aromatic N) is 1. The summed E-state index contributed by atoms with van der Waals surface area (Å²) in [5.74, 6) is -1.12. The molecule has 21 heavy (non-hydrogen) atoms. The molecule has 1 aromatic carbocycles. The summed E-state index contributed by atoms with van der Waals surface area (Å²) >= 11 is 0. The van der Waals surface area contributed by atoms with E-state index >= 15 is 0 Å². The van der Waals surface area contributed by atoms with Crippen LogP contribution >= 0.6 is 0 Å². The summed E-state index contributed by atoms with van der Waals surface area (Å²) in [6.07, 6.45) is 0. The summed E-state index contributed by atoms with van der Waals surface area (Å²) in [7, 11) is 0. The maximum Gasteiger partial charge on any atom is 0.193 e. The first kappa shape index (κ1) is 17.2. The zero-order valence-corrected chi connectivity index (χ0v) is 12.5. The monoisotopic (exact) mass is 300 g/mol. The Morgan fingerprint density at radius 3 is 2.33 bits per heavy atom. The molecule has 0 aliphatic carbocycles. The highest BCUT2D eigenvalue weighted by Crippen LogP contribution is 2.23.